The minimum Gasteiger partial charge on any atom is -0.491 e. The average Bonchev–Trinajstić information content (AvgIpc) is 2.55. The lowest BCUT2D eigenvalue weighted by Gasteiger charge is -2.11. The fraction of sp³-hybridized carbons (Fsp3) is 0.500. The number of benzene rings is 2. The molecule has 2 rings (SSSR count). The second-order valence-electron chi connectivity index (χ2n) is 7.78. The number of hydrogen-bond donors (Lipinski definition) is 0. The molecule has 26 heavy (non-hydrogen) atoms. The Labute approximate surface area is 160 Å². The SMILES string of the molecule is CC(C)Oc1ccc(C(C)C)cc1.CC(C)Oc1ccc(C(C)C)cc1. The fourth-order valence-electron chi connectivity index (χ4n) is 2.41. The first kappa shape index (κ1) is 22.1. The molecule has 2 nitrogen and oxygen atoms in total. The van der Waals surface area contributed by atoms with Crippen molar-refractivity contribution in [3.8, 4) is 11.5 Å². The summed E-state index contributed by atoms with van der Waals surface area (Å²) in [5.74, 6) is 3.10. The molecule has 2 aromatic carbocycles. The van der Waals surface area contributed by atoms with Gasteiger partial charge in [0.25, 0.3) is 0 Å². The minimum atomic E-state index is 0.255. The zero-order chi connectivity index (χ0) is 19.7. The van der Waals surface area contributed by atoms with Gasteiger partial charge in [-0.05, 0) is 74.9 Å². The zero-order valence-corrected chi connectivity index (χ0v) is 17.7. The maximum Gasteiger partial charge on any atom is 0.119 e. The quantitative estimate of drug-likeness (QED) is 0.545. The topological polar surface area (TPSA) is 18.5 Å². The van der Waals surface area contributed by atoms with Crippen molar-refractivity contribution in [2.24, 2.45) is 0 Å². The van der Waals surface area contributed by atoms with E-state index in [-0.39, 0.29) is 12.2 Å². The standard InChI is InChI=1S/2C12H18O/c2*1-9(2)11-5-7-12(8-6-11)13-10(3)4/h2*5-10H,1-4H3. The molecule has 0 aromatic heterocycles. The van der Waals surface area contributed by atoms with E-state index in [0.717, 1.165) is 11.5 Å². The van der Waals surface area contributed by atoms with Gasteiger partial charge in [-0.3, -0.25) is 0 Å². The van der Waals surface area contributed by atoms with Gasteiger partial charge in [-0.15, -0.1) is 0 Å². The third-order valence-electron chi connectivity index (χ3n) is 3.84. The molecule has 0 heterocycles. The van der Waals surface area contributed by atoms with E-state index in [9.17, 15) is 0 Å². The molecule has 0 aliphatic carbocycles. The molecule has 0 spiro atoms. The first-order valence-corrected chi connectivity index (χ1v) is 9.72. The van der Waals surface area contributed by atoms with E-state index >= 15 is 0 Å². The number of ether oxygens (including phenoxy) is 2. The smallest absolute Gasteiger partial charge is 0.119 e. The zero-order valence-electron chi connectivity index (χ0n) is 17.7. The summed E-state index contributed by atoms with van der Waals surface area (Å²) < 4.78 is 11.1. The van der Waals surface area contributed by atoms with E-state index in [4.69, 9.17) is 9.47 Å². The summed E-state index contributed by atoms with van der Waals surface area (Å²) in [4.78, 5) is 0. The van der Waals surface area contributed by atoms with Gasteiger partial charge in [0.1, 0.15) is 11.5 Å². The van der Waals surface area contributed by atoms with Crippen molar-refractivity contribution in [1.29, 1.82) is 0 Å². The molecular weight excluding hydrogens is 320 g/mol. The van der Waals surface area contributed by atoms with Crippen molar-refractivity contribution in [1.82, 2.24) is 0 Å². The summed E-state index contributed by atoms with van der Waals surface area (Å²) in [5.41, 5.74) is 2.72. The first-order valence-electron chi connectivity index (χ1n) is 9.72. The summed E-state index contributed by atoms with van der Waals surface area (Å²) in [6.07, 6.45) is 0.509. The van der Waals surface area contributed by atoms with Crippen LogP contribution in [0.25, 0.3) is 0 Å². The van der Waals surface area contributed by atoms with Crippen molar-refractivity contribution in [2.75, 3.05) is 0 Å². The third kappa shape index (κ3) is 8.42. The van der Waals surface area contributed by atoms with Crippen LogP contribution in [0.3, 0.4) is 0 Å². The summed E-state index contributed by atoms with van der Waals surface area (Å²) >= 11 is 0. The lowest BCUT2D eigenvalue weighted by molar-refractivity contribution is 0.242. The van der Waals surface area contributed by atoms with Crippen LogP contribution in [-0.4, -0.2) is 12.2 Å². The number of hydrogen-bond acceptors (Lipinski definition) is 2. The fourth-order valence-corrected chi connectivity index (χ4v) is 2.41. The average molecular weight is 357 g/mol. The van der Waals surface area contributed by atoms with E-state index in [1.54, 1.807) is 0 Å². The minimum absolute atomic E-state index is 0.255. The Morgan fingerprint density at radius 3 is 0.923 bits per heavy atom. The van der Waals surface area contributed by atoms with Gasteiger partial charge in [0.15, 0.2) is 0 Å². The maximum atomic E-state index is 5.55. The molecule has 0 N–H and O–H groups in total. The van der Waals surface area contributed by atoms with E-state index in [1.807, 2.05) is 52.0 Å². The van der Waals surface area contributed by atoms with Crippen LogP contribution in [0.15, 0.2) is 48.5 Å². The second kappa shape index (κ2) is 10.9. The van der Waals surface area contributed by atoms with Crippen LogP contribution in [0.4, 0.5) is 0 Å². The first-order chi connectivity index (χ1) is 12.2. The lowest BCUT2D eigenvalue weighted by atomic mass is 10.0. The van der Waals surface area contributed by atoms with E-state index in [2.05, 4.69) is 52.0 Å². The Kier molecular flexibility index (Phi) is 9.26. The van der Waals surface area contributed by atoms with E-state index in [0.29, 0.717) is 11.8 Å². The van der Waals surface area contributed by atoms with Gasteiger partial charge >= 0.3 is 0 Å². The molecule has 0 saturated carbocycles. The van der Waals surface area contributed by atoms with Crippen LogP contribution in [0, 0.1) is 0 Å². The summed E-state index contributed by atoms with van der Waals surface area (Å²) in [6.45, 7) is 16.9. The molecule has 0 amide bonds. The van der Waals surface area contributed by atoms with Crippen molar-refractivity contribution < 1.29 is 9.47 Å². The normalized spacial score (nSPS) is 10.9. The highest BCUT2D eigenvalue weighted by molar-refractivity contribution is 5.29. The second-order valence-corrected chi connectivity index (χ2v) is 7.78. The van der Waals surface area contributed by atoms with E-state index < -0.39 is 0 Å². The van der Waals surface area contributed by atoms with Gasteiger partial charge in [0.05, 0.1) is 12.2 Å². The highest BCUT2D eigenvalue weighted by Gasteiger charge is 2.01. The van der Waals surface area contributed by atoms with E-state index in [1.165, 1.54) is 11.1 Å². The molecule has 0 saturated heterocycles. The molecule has 144 valence electrons. The largest absolute Gasteiger partial charge is 0.491 e. The Bertz CT molecular complexity index is 550. The predicted molar refractivity (Wildman–Crippen MR) is 113 cm³/mol. The van der Waals surface area contributed by atoms with Crippen LogP contribution in [0.5, 0.6) is 11.5 Å². The highest BCUT2D eigenvalue weighted by Crippen LogP contribution is 2.20. The molecule has 0 aliphatic rings. The van der Waals surface area contributed by atoms with Crippen LogP contribution >= 0.6 is 0 Å². The molecule has 0 fully saturated rings. The van der Waals surface area contributed by atoms with Gasteiger partial charge in [-0.2, -0.15) is 0 Å². The monoisotopic (exact) mass is 356 g/mol. The summed E-state index contributed by atoms with van der Waals surface area (Å²) in [5, 5.41) is 0. The van der Waals surface area contributed by atoms with Crippen LogP contribution in [-0.2, 0) is 0 Å². The maximum absolute atomic E-state index is 5.55. The molecule has 0 unspecified atom stereocenters. The van der Waals surface area contributed by atoms with Crippen LogP contribution in [0.2, 0.25) is 0 Å². The van der Waals surface area contributed by atoms with Crippen molar-refractivity contribution in [3.05, 3.63) is 59.7 Å². The molecular formula is C24H36O2. The Balaban J connectivity index is 0.000000260. The van der Waals surface area contributed by atoms with Crippen molar-refractivity contribution in [2.45, 2.75) is 79.4 Å². The van der Waals surface area contributed by atoms with Gasteiger partial charge in [0, 0.05) is 0 Å². The lowest BCUT2D eigenvalue weighted by Crippen LogP contribution is -2.05. The molecule has 2 aromatic rings. The van der Waals surface area contributed by atoms with Gasteiger partial charge in [-0.25, -0.2) is 0 Å². The van der Waals surface area contributed by atoms with Gasteiger partial charge < -0.3 is 9.47 Å². The Morgan fingerprint density at radius 2 is 0.731 bits per heavy atom. The predicted octanol–water partition coefficient (Wildman–Crippen LogP) is 7.19. The molecule has 0 aliphatic heterocycles. The Hall–Kier alpha value is -1.96. The molecule has 0 radical (unpaired) electrons. The van der Waals surface area contributed by atoms with Gasteiger partial charge in [-0.1, -0.05) is 52.0 Å². The Morgan fingerprint density at radius 1 is 0.462 bits per heavy atom. The third-order valence-corrected chi connectivity index (χ3v) is 3.84. The van der Waals surface area contributed by atoms with Crippen molar-refractivity contribution in [3.63, 3.8) is 0 Å². The molecule has 0 bridgehead atoms. The van der Waals surface area contributed by atoms with Crippen molar-refractivity contribution >= 4 is 0 Å². The van der Waals surface area contributed by atoms with Crippen LogP contribution < -0.4 is 9.47 Å². The molecule has 0 atom stereocenters. The molecule has 2 heteroatoms. The summed E-state index contributed by atoms with van der Waals surface area (Å²) in [7, 11) is 0. The van der Waals surface area contributed by atoms with Gasteiger partial charge in [0.2, 0.25) is 0 Å². The number of rotatable bonds is 6. The van der Waals surface area contributed by atoms with Crippen LogP contribution in [0.1, 0.15) is 78.4 Å². The highest BCUT2D eigenvalue weighted by atomic mass is 16.5. The summed E-state index contributed by atoms with van der Waals surface area (Å²) in [6, 6.07) is 16.7.